The van der Waals surface area contributed by atoms with Gasteiger partial charge in [0.15, 0.2) is 0 Å². The Morgan fingerprint density at radius 1 is 0.850 bits per heavy atom. The van der Waals surface area contributed by atoms with Crippen LogP contribution < -0.4 is 0 Å². The highest BCUT2D eigenvalue weighted by Gasteiger charge is 2.19. The van der Waals surface area contributed by atoms with Crippen molar-refractivity contribution in [1.29, 1.82) is 5.26 Å². The molecule has 0 spiro atoms. The number of furan rings is 1. The number of hydrogen-bond acceptors (Lipinski definition) is 3. The minimum atomic E-state index is -2.81. The lowest BCUT2D eigenvalue weighted by Gasteiger charge is -2.19. The van der Waals surface area contributed by atoms with Gasteiger partial charge in [0.2, 0.25) is 0 Å². The fourth-order valence-corrected chi connectivity index (χ4v) is 5.03. The molecule has 0 aliphatic heterocycles. The summed E-state index contributed by atoms with van der Waals surface area (Å²) in [4.78, 5) is 4.51. The van der Waals surface area contributed by atoms with Crippen molar-refractivity contribution in [3.63, 3.8) is 0 Å². The van der Waals surface area contributed by atoms with E-state index in [1.807, 2.05) is 36.4 Å². The zero-order chi connectivity index (χ0) is 35.7. The summed E-state index contributed by atoms with van der Waals surface area (Å²) in [5, 5.41) is 11.2. The third-order valence-corrected chi connectivity index (χ3v) is 6.72. The number of aromatic nitrogens is 1. The van der Waals surface area contributed by atoms with Crippen LogP contribution in [0, 0.1) is 30.4 Å². The van der Waals surface area contributed by atoms with Gasteiger partial charge in [-0.3, -0.25) is 4.98 Å². The second-order valence-corrected chi connectivity index (χ2v) is 10.8. The maximum absolute atomic E-state index is 9.83. The first-order valence-corrected chi connectivity index (χ1v) is 12.9. The minimum Gasteiger partial charge on any atom is -0.455 e. The van der Waals surface area contributed by atoms with Gasteiger partial charge in [-0.05, 0) is 83.1 Å². The van der Waals surface area contributed by atoms with Gasteiger partial charge >= 0.3 is 0 Å². The first-order valence-electron chi connectivity index (χ1n) is 17.4. The topological polar surface area (TPSA) is 49.8 Å². The lowest BCUT2D eigenvalue weighted by atomic mass is 9.86. The predicted molar refractivity (Wildman–Crippen MR) is 165 cm³/mol. The maximum Gasteiger partial charge on any atom is 0.144 e. The summed E-state index contributed by atoms with van der Waals surface area (Å²) in [7, 11) is 0. The van der Waals surface area contributed by atoms with Crippen LogP contribution in [0.2, 0.25) is 0 Å². The third-order valence-electron chi connectivity index (χ3n) is 6.72. The van der Waals surface area contributed by atoms with Gasteiger partial charge in [0.05, 0.1) is 18.7 Å². The fourth-order valence-electron chi connectivity index (χ4n) is 5.03. The van der Waals surface area contributed by atoms with Crippen LogP contribution >= 0.6 is 0 Å². The molecule has 0 unspecified atom stereocenters. The van der Waals surface area contributed by atoms with Crippen molar-refractivity contribution in [2.75, 3.05) is 0 Å². The lowest BCUT2D eigenvalue weighted by Crippen LogP contribution is -2.09. The van der Waals surface area contributed by atoms with Crippen molar-refractivity contribution in [3.8, 4) is 39.6 Å². The summed E-state index contributed by atoms with van der Waals surface area (Å²) >= 11 is 0. The number of nitrogens with zero attached hydrogens (tertiary/aromatic N) is 2. The molecule has 196 valence electrons. The SMILES string of the molecule is [2H]c1cc(C([2H])([2H])C(C)(C)C)cc(C([2H])([2H])[2H])c1-c1cc(-c2cccc3c2oc2c(-c4ccccc4)cc(C#N)cc23)ncc1C([2H])([2H])[2H]. The molecular formula is C37H32N2O. The molecule has 0 atom stereocenters. The van der Waals surface area contributed by atoms with E-state index in [4.69, 9.17) is 16.8 Å². The minimum absolute atomic E-state index is 0.0163. The molecule has 0 N–H and O–H groups in total. The smallest absolute Gasteiger partial charge is 0.144 e. The molecule has 3 nitrogen and oxygen atoms in total. The van der Waals surface area contributed by atoms with E-state index in [0.29, 0.717) is 33.1 Å². The zero-order valence-corrected chi connectivity index (χ0v) is 22.4. The Bertz CT molecular complexity index is 2290. The molecule has 0 saturated carbocycles. The van der Waals surface area contributed by atoms with E-state index in [2.05, 4.69) is 11.1 Å². The summed E-state index contributed by atoms with van der Waals surface area (Å²) in [5.74, 6) is 0. The Morgan fingerprint density at radius 3 is 2.40 bits per heavy atom. The summed E-state index contributed by atoms with van der Waals surface area (Å²) < 4.78 is 83.1. The average molecular weight is 530 g/mol. The summed E-state index contributed by atoms with van der Waals surface area (Å²) in [6, 6.07) is 24.3. The summed E-state index contributed by atoms with van der Waals surface area (Å²) in [5.41, 5.74) is 2.13. The van der Waals surface area contributed by atoms with Crippen LogP contribution in [0.5, 0.6) is 0 Å². The van der Waals surface area contributed by atoms with Gasteiger partial charge in [-0.2, -0.15) is 5.26 Å². The van der Waals surface area contributed by atoms with Gasteiger partial charge < -0.3 is 4.42 Å². The molecule has 0 aliphatic rings. The predicted octanol–water partition coefficient (Wildman–Crippen LogP) is 10.1. The second-order valence-electron chi connectivity index (χ2n) is 10.8. The monoisotopic (exact) mass is 529 g/mol. The molecule has 6 rings (SSSR count). The van der Waals surface area contributed by atoms with Gasteiger partial charge in [0.1, 0.15) is 11.2 Å². The highest BCUT2D eigenvalue weighted by atomic mass is 16.3. The Balaban J connectivity index is 1.65. The number of fused-ring (bicyclic) bond motifs is 3. The van der Waals surface area contributed by atoms with Gasteiger partial charge in [0.25, 0.3) is 0 Å². The van der Waals surface area contributed by atoms with Gasteiger partial charge in [0, 0.05) is 39.1 Å². The molecular weight excluding hydrogens is 488 g/mol. The Kier molecular flexibility index (Phi) is 4.19. The van der Waals surface area contributed by atoms with Crippen molar-refractivity contribution < 1.29 is 16.8 Å². The molecule has 3 heteroatoms. The van der Waals surface area contributed by atoms with Crippen LogP contribution in [0.1, 0.15) is 55.4 Å². The first-order chi connectivity index (χ1) is 22.8. The highest BCUT2D eigenvalue weighted by molar-refractivity contribution is 6.13. The number of para-hydroxylation sites is 1. The normalized spacial score (nSPS) is 16.0. The first kappa shape index (κ1) is 17.1. The molecule has 6 aromatic rings. The van der Waals surface area contributed by atoms with Gasteiger partial charge in [-0.25, -0.2) is 0 Å². The number of pyridine rings is 1. The molecule has 2 heterocycles. The number of rotatable bonds is 4. The van der Waals surface area contributed by atoms with E-state index in [1.165, 1.54) is 24.4 Å². The van der Waals surface area contributed by atoms with Crippen LogP contribution in [-0.2, 0) is 6.37 Å². The van der Waals surface area contributed by atoms with E-state index in [9.17, 15) is 5.26 Å². The van der Waals surface area contributed by atoms with E-state index in [-0.39, 0.29) is 39.6 Å². The highest BCUT2D eigenvalue weighted by Crippen LogP contribution is 2.41. The lowest BCUT2D eigenvalue weighted by molar-refractivity contribution is 0.411. The van der Waals surface area contributed by atoms with E-state index in [0.717, 1.165) is 11.1 Å². The summed E-state index contributed by atoms with van der Waals surface area (Å²) in [6.45, 7) is -0.477. The van der Waals surface area contributed by atoms with Crippen LogP contribution in [0.25, 0.3) is 55.4 Å². The van der Waals surface area contributed by atoms with Crippen molar-refractivity contribution in [2.24, 2.45) is 5.41 Å². The zero-order valence-electron chi connectivity index (χ0n) is 31.4. The number of aryl methyl sites for hydroxylation is 2. The molecule has 2 aromatic heterocycles. The second kappa shape index (κ2) is 9.81. The fraction of sp³-hybridized carbons (Fsp3) is 0.189. The van der Waals surface area contributed by atoms with E-state index >= 15 is 0 Å². The molecule has 0 saturated heterocycles. The van der Waals surface area contributed by atoms with Crippen molar-refractivity contribution in [1.82, 2.24) is 4.98 Å². The largest absolute Gasteiger partial charge is 0.455 e. The Labute approximate surface area is 248 Å². The number of benzene rings is 4. The standard InChI is InChI=1S/C37H32N2O/c1-23-16-25(20-37(3,4)5)14-15-28(23)31-19-34(39-22-24(31)2)30-13-9-12-29-33-18-26(21-38)17-32(36(33)40-35(29)30)27-10-7-6-8-11-27/h6-19,22H,20H2,1-5H3/i1D3,2D3,15D,20D2. The van der Waals surface area contributed by atoms with Crippen LogP contribution in [0.15, 0.2) is 95.5 Å². The van der Waals surface area contributed by atoms with E-state index in [1.54, 1.807) is 45.0 Å². The van der Waals surface area contributed by atoms with Crippen molar-refractivity contribution >= 4 is 21.9 Å². The molecule has 4 aromatic carbocycles. The average Bonchev–Trinajstić information content (AvgIpc) is 3.41. The maximum atomic E-state index is 9.83. The Morgan fingerprint density at radius 2 is 1.65 bits per heavy atom. The molecule has 0 radical (unpaired) electrons. The van der Waals surface area contributed by atoms with Gasteiger partial charge in [-0.1, -0.05) is 81.4 Å². The molecule has 0 aliphatic carbocycles. The molecule has 40 heavy (non-hydrogen) atoms. The third kappa shape index (κ3) is 4.67. The number of hydrogen-bond donors (Lipinski definition) is 0. The quantitative estimate of drug-likeness (QED) is 0.228. The summed E-state index contributed by atoms with van der Waals surface area (Å²) in [6.07, 6.45) is -0.827. The molecule has 0 fully saturated rings. The number of nitriles is 1. The van der Waals surface area contributed by atoms with Gasteiger partial charge in [-0.15, -0.1) is 0 Å². The molecule has 0 bridgehead atoms. The molecule has 0 amide bonds. The van der Waals surface area contributed by atoms with Crippen LogP contribution in [-0.4, -0.2) is 4.98 Å². The van der Waals surface area contributed by atoms with Crippen LogP contribution in [0.3, 0.4) is 0 Å². The van der Waals surface area contributed by atoms with Crippen LogP contribution in [0.4, 0.5) is 0 Å². The van der Waals surface area contributed by atoms with E-state index < -0.39 is 25.5 Å². The van der Waals surface area contributed by atoms with Crippen molar-refractivity contribution in [3.05, 3.63) is 113 Å². The Hall–Kier alpha value is -4.68. The van der Waals surface area contributed by atoms with Crippen molar-refractivity contribution in [2.45, 2.75) is 40.8 Å².